The highest BCUT2D eigenvalue weighted by atomic mass is 16.7. The maximum atomic E-state index is 10.8. The Morgan fingerprint density at radius 3 is 1.64 bits per heavy atom. The Hall–Kier alpha value is -4.08. The second-order valence-electron chi connectivity index (χ2n) is 10.8. The van der Waals surface area contributed by atoms with Gasteiger partial charge in [-0.25, -0.2) is 0 Å². The summed E-state index contributed by atoms with van der Waals surface area (Å²) in [5, 5.41) is 52.1. The number of allylic oxidation sites excluding steroid dienone is 4. The van der Waals surface area contributed by atoms with Crippen molar-refractivity contribution < 1.29 is 34.8 Å². The molecule has 3 aromatic rings. The molecule has 1 fully saturated rings. The van der Waals surface area contributed by atoms with E-state index in [2.05, 4.69) is 18.2 Å². The lowest BCUT2D eigenvalue weighted by atomic mass is 9.79. The van der Waals surface area contributed by atoms with E-state index in [4.69, 9.17) is 9.31 Å². The van der Waals surface area contributed by atoms with E-state index in [1.165, 1.54) is 4.90 Å². The molecule has 1 heterocycles. The molecule has 8 nitrogen and oxygen atoms in total. The van der Waals surface area contributed by atoms with Crippen molar-refractivity contribution in [3.05, 3.63) is 72.3 Å². The summed E-state index contributed by atoms with van der Waals surface area (Å²) < 4.78 is 12.3. The molecule has 202 valence electrons. The Kier molecular flexibility index (Phi) is 6.52. The van der Waals surface area contributed by atoms with Gasteiger partial charge in [0.05, 0.1) is 11.2 Å². The van der Waals surface area contributed by atoms with Crippen molar-refractivity contribution in [2.45, 2.75) is 51.7 Å². The fraction of sp³-hybridized carbons (Fsp3) is 0.267. The van der Waals surface area contributed by atoms with Gasteiger partial charge < -0.3 is 39.7 Å². The summed E-state index contributed by atoms with van der Waals surface area (Å²) in [5.74, 6) is -4.50. The Bertz CT molecular complexity index is 1420. The summed E-state index contributed by atoms with van der Waals surface area (Å²) in [4.78, 5) is 1.48. The standard InChI is InChI=1S/C30H32BNO7/c1-29(2)30(3,4)39-31(38-29)20-12-16-22(17-13-20)32(23-24(33)26(35)28(37)27(36)25(23)34)21-14-10-19(11-15-21)18-8-6-5-7-9-18/h6,8-17,33-37H,5,7H2,1-4H3. The van der Waals surface area contributed by atoms with Crippen molar-refractivity contribution in [2.75, 3.05) is 4.90 Å². The topological polar surface area (TPSA) is 123 Å². The van der Waals surface area contributed by atoms with Crippen LogP contribution in [0.25, 0.3) is 5.57 Å². The maximum absolute atomic E-state index is 10.8. The number of rotatable bonds is 5. The molecule has 0 spiro atoms. The predicted octanol–water partition coefficient (Wildman–Crippen LogP) is 5.72. The predicted molar refractivity (Wildman–Crippen MR) is 152 cm³/mol. The monoisotopic (exact) mass is 529 g/mol. The molecule has 39 heavy (non-hydrogen) atoms. The molecule has 1 aliphatic heterocycles. The van der Waals surface area contributed by atoms with E-state index in [1.54, 1.807) is 24.3 Å². The second-order valence-corrected chi connectivity index (χ2v) is 10.8. The second kappa shape index (κ2) is 9.59. The average molecular weight is 529 g/mol. The van der Waals surface area contributed by atoms with E-state index in [9.17, 15) is 25.5 Å². The van der Waals surface area contributed by atoms with E-state index in [0.717, 1.165) is 29.4 Å². The summed E-state index contributed by atoms with van der Waals surface area (Å²) in [5.41, 5.74) is 2.57. The third kappa shape index (κ3) is 4.58. The number of benzene rings is 3. The number of phenolic OH excluding ortho intramolecular Hbond substituents is 5. The molecule has 9 heteroatoms. The molecule has 0 unspecified atom stereocenters. The number of nitrogens with zero attached hydrogens (tertiary/aromatic N) is 1. The zero-order valence-corrected chi connectivity index (χ0v) is 22.3. The number of hydrogen-bond donors (Lipinski definition) is 5. The third-order valence-electron chi connectivity index (χ3n) is 7.70. The van der Waals surface area contributed by atoms with Crippen molar-refractivity contribution in [3.63, 3.8) is 0 Å². The third-order valence-corrected chi connectivity index (χ3v) is 7.70. The first-order valence-corrected chi connectivity index (χ1v) is 12.8. The van der Waals surface area contributed by atoms with Crippen molar-refractivity contribution in [3.8, 4) is 28.7 Å². The van der Waals surface area contributed by atoms with Gasteiger partial charge in [-0.3, -0.25) is 0 Å². The van der Waals surface area contributed by atoms with Crippen LogP contribution in [0.15, 0.2) is 66.8 Å². The minimum atomic E-state index is -1.02. The molecule has 0 aromatic heterocycles. The lowest BCUT2D eigenvalue weighted by Crippen LogP contribution is -2.41. The van der Waals surface area contributed by atoms with E-state index in [1.807, 2.05) is 52.0 Å². The van der Waals surface area contributed by atoms with Crippen LogP contribution >= 0.6 is 0 Å². The van der Waals surface area contributed by atoms with Gasteiger partial charge in [0.2, 0.25) is 17.2 Å². The van der Waals surface area contributed by atoms with Crippen LogP contribution in [0.4, 0.5) is 17.1 Å². The molecule has 0 atom stereocenters. The van der Waals surface area contributed by atoms with Gasteiger partial charge in [0.1, 0.15) is 5.69 Å². The Balaban J connectivity index is 1.59. The van der Waals surface area contributed by atoms with Gasteiger partial charge in [0.25, 0.3) is 0 Å². The normalized spacial score (nSPS) is 17.7. The van der Waals surface area contributed by atoms with E-state index in [-0.39, 0.29) is 5.69 Å². The van der Waals surface area contributed by atoms with Gasteiger partial charge in [-0.15, -0.1) is 0 Å². The molecule has 0 saturated carbocycles. The number of hydrogen-bond acceptors (Lipinski definition) is 8. The Labute approximate surface area is 227 Å². The average Bonchev–Trinajstić information content (AvgIpc) is 3.16. The first kappa shape index (κ1) is 26.5. The Morgan fingerprint density at radius 1 is 0.667 bits per heavy atom. The van der Waals surface area contributed by atoms with Crippen LogP contribution < -0.4 is 10.4 Å². The Morgan fingerprint density at radius 2 is 1.15 bits per heavy atom. The molecular formula is C30H32BNO7. The van der Waals surface area contributed by atoms with Crippen LogP contribution in [0.5, 0.6) is 28.7 Å². The maximum Gasteiger partial charge on any atom is 0.494 e. The molecule has 1 aliphatic carbocycles. The van der Waals surface area contributed by atoms with Gasteiger partial charge in [0, 0.05) is 11.4 Å². The minimum absolute atomic E-state index is 0.296. The van der Waals surface area contributed by atoms with E-state index >= 15 is 0 Å². The van der Waals surface area contributed by atoms with Gasteiger partial charge in [-0.2, -0.15) is 0 Å². The van der Waals surface area contributed by atoms with Crippen molar-refractivity contribution in [1.82, 2.24) is 0 Å². The highest BCUT2D eigenvalue weighted by Crippen LogP contribution is 2.58. The first-order valence-electron chi connectivity index (χ1n) is 12.8. The van der Waals surface area contributed by atoms with Gasteiger partial charge in [0.15, 0.2) is 11.5 Å². The van der Waals surface area contributed by atoms with Crippen LogP contribution in [0.1, 0.15) is 46.1 Å². The van der Waals surface area contributed by atoms with Gasteiger partial charge in [-0.05, 0) is 81.4 Å². The molecule has 2 aliphatic rings. The lowest BCUT2D eigenvalue weighted by Gasteiger charge is -2.32. The van der Waals surface area contributed by atoms with Crippen LogP contribution in [0, 0.1) is 0 Å². The first-order chi connectivity index (χ1) is 18.4. The van der Waals surface area contributed by atoms with E-state index < -0.39 is 47.1 Å². The molecule has 1 saturated heterocycles. The number of phenols is 5. The number of aromatic hydroxyl groups is 5. The molecule has 3 aromatic carbocycles. The zero-order chi connectivity index (χ0) is 28.1. The summed E-state index contributed by atoms with van der Waals surface area (Å²) >= 11 is 0. The van der Waals surface area contributed by atoms with E-state index in [0.29, 0.717) is 11.4 Å². The zero-order valence-electron chi connectivity index (χ0n) is 22.3. The smallest absolute Gasteiger partial charge is 0.494 e. The molecular weight excluding hydrogens is 497 g/mol. The van der Waals surface area contributed by atoms with Crippen molar-refractivity contribution in [1.29, 1.82) is 0 Å². The van der Waals surface area contributed by atoms with Crippen LogP contribution in [-0.2, 0) is 9.31 Å². The van der Waals surface area contributed by atoms with Crippen molar-refractivity contribution in [2.24, 2.45) is 0 Å². The molecule has 0 radical (unpaired) electrons. The quantitative estimate of drug-likeness (QED) is 0.162. The summed E-state index contributed by atoms with van der Waals surface area (Å²) in [6.07, 6.45) is 8.31. The van der Waals surface area contributed by atoms with Crippen LogP contribution in [0.3, 0.4) is 0 Å². The summed E-state index contributed by atoms with van der Waals surface area (Å²) in [6, 6.07) is 14.6. The summed E-state index contributed by atoms with van der Waals surface area (Å²) in [7, 11) is -0.586. The highest BCUT2D eigenvalue weighted by molar-refractivity contribution is 6.62. The van der Waals surface area contributed by atoms with Gasteiger partial charge >= 0.3 is 7.12 Å². The summed E-state index contributed by atoms with van der Waals surface area (Å²) in [6.45, 7) is 7.89. The lowest BCUT2D eigenvalue weighted by molar-refractivity contribution is 0.00578. The molecule has 5 rings (SSSR count). The number of anilines is 3. The molecule has 0 bridgehead atoms. The fourth-order valence-corrected chi connectivity index (χ4v) is 4.68. The molecule has 5 N–H and O–H groups in total. The fourth-order valence-electron chi connectivity index (χ4n) is 4.68. The van der Waals surface area contributed by atoms with Crippen LogP contribution in [-0.4, -0.2) is 43.9 Å². The van der Waals surface area contributed by atoms with Crippen molar-refractivity contribution >= 4 is 35.2 Å². The largest absolute Gasteiger partial charge is 0.503 e. The molecule has 0 amide bonds. The van der Waals surface area contributed by atoms with Crippen LogP contribution in [0.2, 0.25) is 0 Å². The van der Waals surface area contributed by atoms with Gasteiger partial charge in [-0.1, -0.05) is 42.5 Å². The highest BCUT2D eigenvalue weighted by Gasteiger charge is 2.51. The SMILES string of the molecule is CC1(C)OB(c2ccc(N(c3ccc(C4=CCCC=C4)cc3)c3c(O)c(O)c(O)c(O)c3O)cc2)OC1(C)C. The minimum Gasteiger partial charge on any atom is -0.503 e.